The molecule has 0 saturated heterocycles. The summed E-state index contributed by atoms with van der Waals surface area (Å²) in [5.74, 6) is -0.376. The molecule has 4 nitrogen and oxygen atoms in total. The minimum absolute atomic E-state index is 0.291. The highest BCUT2D eigenvalue weighted by Gasteiger charge is 2.33. The molecular formula is C19H21FN2O2. The predicted molar refractivity (Wildman–Crippen MR) is 89.6 cm³/mol. The topological polar surface area (TPSA) is 76.3 Å². The number of nitriles is 1. The molecule has 2 rings (SSSR count). The smallest absolute Gasteiger partial charge is 0.123 e. The largest absolute Gasteiger partial charge is 0.392 e. The molecule has 1 atom stereocenters. The average Bonchev–Trinajstić information content (AvgIpc) is 2.61. The summed E-state index contributed by atoms with van der Waals surface area (Å²) in [6.07, 6.45) is 1.09. The first-order chi connectivity index (χ1) is 11.5. The lowest BCUT2D eigenvalue weighted by atomic mass is 9.80. The molecule has 0 spiro atoms. The van der Waals surface area contributed by atoms with Crippen LogP contribution in [0.4, 0.5) is 4.39 Å². The van der Waals surface area contributed by atoms with Crippen molar-refractivity contribution in [2.75, 3.05) is 13.6 Å². The van der Waals surface area contributed by atoms with Crippen molar-refractivity contribution >= 4 is 0 Å². The average molecular weight is 328 g/mol. The van der Waals surface area contributed by atoms with Crippen molar-refractivity contribution in [3.05, 3.63) is 70.5 Å². The summed E-state index contributed by atoms with van der Waals surface area (Å²) in [6, 6.07) is 12.6. The van der Waals surface area contributed by atoms with Gasteiger partial charge in [-0.05, 0) is 67.4 Å². The Bertz CT molecular complexity index is 725. The normalized spacial score (nSPS) is 13.3. The van der Waals surface area contributed by atoms with Gasteiger partial charge in [-0.1, -0.05) is 18.2 Å². The fourth-order valence-electron chi connectivity index (χ4n) is 2.88. The third-order valence-electron chi connectivity index (χ3n) is 4.14. The first-order valence-corrected chi connectivity index (χ1v) is 7.82. The van der Waals surface area contributed by atoms with Gasteiger partial charge < -0.3 is 15.5 Å². The number of rotatable bonds is 7. The molecule has 0 aliphatic carbocycles. The van der Waals surface area contributed by atoms with E-state index in [9.17, 15) is 14.6 Å². The minimum Gasteiger partial charge on any atom is -0.392 e. The Kier molecular flexibility index (Phi) is 6.04. The molecule has 1 unspecified atom stereocenters. The molecule has 0 aromatic heterocycles. The van der Waals surface area contributed by atoms with Crippen LogP contribution in [0.3, 0.4) is 0 Å². The van der Waals surface area contributed by atoms with Crippen molar-refractivity contribution in [2.45, 2.75) is 25.0 Å². The van der Waals surface area contributed by atoms with Crippen molar-refractivity contribution in [3.8, 4) is 6.07 Å². The van der Waals surface area contributed by atoms with Crippen molar-refractivity contribution in [1.29, 1.82) is 5.26 Å². The van der Waals surface area contributed by atoms with Gasteiger partial charge in [-0.25, -0.2) is 4.39 Å². The number of aliphatic hydroxyl groups excluding tert-OH is 1. The lowest BCUT2D eigenvalue weighted by molar-refractivity contribution is 0.0664. The molecule has 126 valence electrons. The molecule has 0 amide bonds. The Morgan fingerprint density at radius 1 is 1.21 bits per heavy atom. The van der Waals surface area contributed by atoms with Gasteiger partial charge in [0, 0.05) is 0 Å². The standard InChI is InChI=1S/C19H21FN2O2/c1-22-10-2-9-19(24,16-4-6-17(20)7-5-16)18-8-3-14(12-21)11-15(18)13-23/h3-8,11,22-24H,2,9-10,13H2,1H3. The van der Waals surface area contributed by atoms with Gasteiger partial charge in [0.15, 0.2) is 0 Å². The number of nitrogens with one attached hydrogen (secondary N) is 1. The van der Waals surface area contributed by atoms with Crippen molar-refractivity contribution in [3.63, 3.8) is 0 Å². The highest BCUT2D eigenvalue weighted by atomic mass is 19.1. The van der Waals surface area contributed by atoms with E-state index in [0.29, 0.717) is 41.6 Å². The molecule has 0 radical (unpaired) electrons. The molecule has 2 aromatic carbocycles. The van der Waals surface area contributed by atoms with E-state index in [1.54, 1.807) is 30.3 Å². The first kappa shape index (κ1) is 18.1. The van der Waals surface area contributed by atoms with E-state index < -0.39 is 5.60 Å². The highest BCUT2D eigenvalue weighted by molar-refractivity contribution is 5.45. The number of hydrogen-bond donors (Lipinski definition) is 3. The van der Waals surface area contributed by atoms with Crippen LogP contribution in [0.15, 0.2) is 42.5 Å². The van der Waals surface area contributed by atoms with E-state index in [2.05, 4.69) is 5.32 Å². The van der Waals surface area contributed by atoms with Crippen LogP contribution in [0.1, 0.15) is 35.1 Å². The summed E-state index contributed by atoms with van der Waals surface area (Å²) < 4.78 is 13.3. The molecule has 0 aliphatic heterocycles. The van der Waals surface area contributed by atoms with Crippen LogP contribution in [0, 0.1) is 17.1 Å². The maximum absolute atomic E-state index is 13.3. The molecule has 2 aromatic rings. The molecule has 0 fully saturated rings. The second kappa shape index (κ2) is 8.02. The molecule has 5 heteroatoms. The molecule has 0 bridgehead atoms. The van der Waals surface area contributed by atoms with Crippen LogP contribution < -0.4 is 5.32 Å². The lowest BCUT2D eigenvalue weighted by Gasteiger charge is -2.31. The van der Waals surface area contributed by atoms with Gasteiger partial charge in [-0.15, -0.1) is 0 Å². The second-order valence-corrected chi connectivity index (χ2v) is 5.72. The van der Waals surface area contributed by atoms with E-state index >= 15 is 0 Å². The van der Waals surface area contributed by atoms with Crippen LogP contribution in [0.5, 0.6) is 0 Å². The monoisotopic (exact) mass is 328 g/mol. The third kappa shape index (κ3) is 3.80. The quantitative estimate of drug-likeness (QED) is 0.682. The van der Waals surface area contributed by atoms with Gasteiger partial charge in [0.05, 0.1) is 18.2 Å². The van der Waals surface area contributed by atoms with E-state index in [-0.39, 0.29) is 12.4 Å². The first-order valence-electron chi connectivity index (χ1n) is 7.82. The van der Waals surface area contributed by atoms with Gasteiger partial charge in [0.2, 0.25) is 0 Å². The van der Waals surface area contributed by atoms with Crippen LogP contribution in [0.25, 0.3) is 0 Å². The maximum atomic E-state index is 13.3. The summed E-state index contributed by atoms with van der Waals surface area (Å²) in [6.45, 7) is 0.425. The number of nitrogens with zero attached hydrogens (tertiary/aromatic N) is 1. The SMILES string of the molecule is CNCCCC(O)(c1ccc(F)cc1)c1ccc(C#N)cc1CO. The zero-order valence-electron chi connectivity index (χ0n) is 13.6. The minimum atomic E-state index is -1.36. The van der Waals surface area contributed by atoms with E-state index in [0.717, 1.165) is 0 Å². The van der Waals surface area contributed by atoms with E-state index in [1.807, 2.05) is 13.1 Å². The van der Waals surface area contributed by atoms with Gasteiger partial charge >= 0.3 is 0 Å². The molecule has 0 heterocycles. The predicted octanol–water partition coefficient (Wildman–Crippen LogP) is 2.43. The van der Waals surface area contributed by atoms with Crippen molar-refractivity contribution in [1.82, 2.24) is 5.32 Å². The number of halogens is 1. The Hall–Kier alpha value is -2.26. The van der Waals surface area contributed by atoms with Crippen LogP contribution >= 0.6 is 0 Å². The van der Waals surface area contributed by atoms with Crippen molar-refractivity contribution < 1.29 is 14.6 Å². The van der Waals surface area contributed by atoms with Crippen LogP contribution in [-0.2, 0) is 12.2 Å². The Labute approximate surface area is 141 Å². The number of aliphatic hydroxyl groups is 2. The highest BCUT2D eigenvalue weighted by Crippen LogP contribution is 2.36. The molecule has 24 heavy (non-hydrogen) atoms. The van der Waals surface area contributed by atoms with Crippen LogP contribution in [0.2, 0.25) is 0 Å². The van der Waals surface area contributed by atoms with E-state index in [4.69, 9.17) is 5.26 Å². The van der Waals surface area contributed by atoms with Crippen LogP contribution in [-0.4, -0.2) is 23.8 Å². The summed E-state index contributed by atoms with van der Waals surface area (Å²) in [7, 11) is 1.83. The van der Waals surface area contributed by atoms with Gasteiger partial charge in [0.1, 0.15) is 11.4 Å². The van der Waals surface area contributed by atoms with E-state index in [1.165, 1.54) is 12.1 Å². The maximum Gasteiger partial charge on any atom is 0.123 e. The summed E-state index contributed by atoms with van der Waals surface area (Å²) in [4.78, 5) is 0. The lowest BCUT2D eigenvalue weighted by Crippen LogP contribution is -2.30. The zero-order valence-corrected chi connectivity index (χ0v) is 13.6. The number of hydrogen-bond acceptors (Lipinski definition) is 4. The molecule has 3 N–H and O–H groups in total. The Balaban J connectivity index is 2.53. The molecule has 0 saturated carbocycles. The van der Waals surface area contributed by atoms with Gasteiger partial charge in [-0.2, -0.15) is 5.26 Å². The van der Waals surface area contributed by atoms with Gasteiger partial charge in [-0.3, -0.25) is 0 Å². The third-order valence-corrected chi connectivity index (χ3v) is 4.14. The number of benzene rings is 2. The molecule has 0 aliphatic rings. The Morgan fingerprint density at radius 3 is 2.50 bits per heavy atom. The molecular weight excluding hydrogens is 307 g/mol. The fraction of sp³-hybridized carbons (Fsp3) is 0.316. The zero-order chi connectivity index (χ0) is 17.6. The summed E-state index contributed by atoms with van der Waals surface area (Å²) in [5.41, 5.74) is 0.632. The Morgan fingerprint density at radius 2 is 1.92 bits per heavy atom. The fourth-order valence-corrected chi connectivity index (χ4v) is 2.88. The summed E-state index contributed by atoms with van der Waals surface area (Å²) in [5, 5.41) is 33.1. The second-order valence-electron chi connectivity index (χ2n) is 5.72. The van der Waals surface area contributed by atoms with Gasteiger partial charge in [0.25, 0.3) is 0 Å². The summed E-state index contributed by atoms with van der Waals surface area (Å²) >= 11 is 0. The van der Waals surface area contributed by atoms with Crippen molar-refractivity contribution in [2.24, 2.45) is 0 Å².